The Morgan fingerprint density at radius 1 is 0.761 bits per heavy atom. The summed E-state index contributed by atoms with van der Waals surface area (Å²) < 4.78 is 13.6. The standard InChI is InChI=1S/C43H41NO2/c1-5-8-9-15-28-45-33-23-20-31(21-24-33)43(30-16-11-10-12-17-30)27-26-37-40-39(34-18-13-14-19-35(34)41(37)46-43)36-25-22-32(44-4)29-38(36)42(40,6-2)7-3/h10-14,16-27,29H,5-9,15,28H2,1-3H3. The summed E-state index contributed by atoms with van der Waals surface area (Å²) in [5.74, 6) is 1.81. The number of ether oxygens (including phenoxy) is 2. The molecule has 46 heavy (non-hydrogen) atoms. The molecule has 230 valence electrons. The van der Waals surface area contributed by atoms with Gasteiger partial charge in [-0.2, -0.15) is 0 Å². The molecule has 0 aromatic heterocycles. The number of unbranched alkanes of at least 4 members (excludes halogenated alkanes) is 3. The second kappa shape index (κ2) is 12.2. The highest BCUT2D eigenvalue weighted by Gasteiger charge is 2.46. The van der Waals surface area contributed by atoms with Gasteiger partial charge in [0.1, 0.15) is 11.5 Å². The predicted molar refractivity (Wildman–Crippen MR) is 190 cm³/mol. The monoisotopic (exact) mass is 603 g/mol. The molecule has 3 heteroatoms. The van der Waals surface area contributed by atoms with Crippen LogP contribution in [-0.2, 0) is 11.0 Å². The van der Waals surface area contributed by atoms with Crippen molar-refractivity contribution in [1.82, 2.24) is 0 Å². The maximum Gasteiger partial charge on any atom is 0.187 e. The molecule has 5 aromatic carbocycles. The molecule has 0 bridgehead atoms. The molecule has 1 atom stereocenters. The van der Waals surface area contributed by atoms with Crippen LogP contribution in [0.5, 0.6) is 11.5 Å². The third kappa shape index (κ3) is 4.62. The summed E-state index contributed by atoms with van der Waals surface area (Å²) in [6.45, 7) is 15.3. The number of hydrogen-bond donors (Lipinski definition) is 0. The summed E-state index contributed by atoms with van der Waals surface area (Å²) in [6.07, 6.45) is 11.2. The fraction of sp³-hybridized carbons (Fsp3) is 0.279. The van der Waals surface area contributed by atoms with Gasteiger partial charge in [-0.05, 0) is 65.1 Å². The van der Waals surface area contributed by atoms with Crippen LogP contribution in [0.2, 0.25) is 0 Å². The van der Waals surface area contributed by atoms with Crippen LogP contribution >= 0.6 is 0 Å². The molecule has 1 aliphatic carbocycles. The Kier molecular flexibility index (Phi) is 7.91. The minimum atomic E-state index is -0.811. The SMILES string of the molecule is [C-]#[N+]c1ccc2c(c1)C(CC)(CC)c1c3c(c4ccccc4c1-2)OC(c1ccccc1)(c1ccc(OCCCCCC)cc1)C=C3. The molecule has 1 aliphatic heterocycles. The summed E-state index contributed by atoms with van der Waals surface area (Å²) in [6, 6.07) is 34.0. The van der Waals surface area contributed by atoms with Crippen molar-refractivity contribution in [2.45, 2.75) is 70.3 Å². The second-order valence-electron chi connectivity index (χ2n) is 12.6. The molecule has 0 saturated carbocycles. The predicted octanol–water partition coefficient (Wildman–Crippen LogP) is 11.8. The summed E-state index contributed by atoms with van der Waals surface area (Å²) in [5, 5.41) is 2.30. The second-order valence-corrected chi connectivity index (χ2v) is 12.6. The molecule has 0 N–H and O–H groups in total. The average molecular weight is 604 g/mol. The van der Waals surface area contributed by atoms with E-state index in [1.165, 1.54) is 46.9 Å². The molecular weight excluding hydrogens is 562 g/mol. The summed E-state index contributed by atoms with van der Waals surface area (Å²) >= 11 is 0. The van der Waals surface area contributed by atoms with Gasteiger partial charge in [0.25, 0.3) is 0 Å². The van der Waals surface area contributed by atoms with Crippen molar-refractivity contribution in [3.8, 4) is 22.6 Å². The van der Waals surface area contributed by atoms with Crippen LogP contribution in [0.4, 0.5) is 5.69 Å². The molecule has 5 aromatic rings. The fourth-order valence-corrected chi connectivity index (χ4v) is 7.88. The number of rotatable bonds is 10. The molecule has 0 spiro atoms. The van der Waals surface area contributed by atoms with E-state index in [0.29, 0.717) is 5.69 Å². The summed E-state index contributed by atoms with van der Waals surface area (Å²) in [4.78, 5) is 3.82. The number of hydrogen-bond acceptors (Lipinski definition) is 2. The van der Waals surface area contributed by atoms with Gasteiger partial charge in [0, 0.05) is 27.5 Å². The molecule has 7 rings (SSSR count). The smallest absolute Gasteiger partial charge is 0.187 e. The maximum atomic E-state index is 7.76. The first-order valence-electron chi connectivity index (χ1n) is 16.9. The van der Waals surface area contributed by atoms with Crippen molar-refractivity contribution in [2.24, 2.45) is 0 Å². The Morgan fingerprint density at radius 3 is 2.20 bits per heavy atom. The highest BCUT2D eigenvalue weighted by atomic mass is 16.5. The third-order valence-electron chi connectivity index (χ3n) is 10.3. The van der Waals surface area contributed by atoms with Crippen molar-refractivity contribution in [2.75, 3.05) is 6.61 Å². The van der Waals surface area contributed by atoms with Gasteiger partial charge in [-0.15, -0.1) is 0 Å². The minimum absolute atomic E-state index is 0.212. The molecule has 1 heterocycles. The van der Waals surface area contributed by atoms with Crippen LogP contribution in [0.25, 0.3) is 32.8 Å². The number of fused-ring (bicyclic) bond motifs is 8. The van der Waals surface area contributed by atoms with Crippen molar-refractivity contribution >= 4 is 22.5 Å². The van der Waals surface area contributed by atoms with Gasteiger partial charge in [-0.25, -0.2) is 4.85 Å². The summed E-state index contributed by atoms with van der Waals surface area (Å²) in [7, 11) is 0. The van der Waals surface area contributed by atoms with E-state index < -0.39 is 5.60 Å². The lowest BCUT2D eigenvalue weighted by Gasteiger charge is -2.39. The Bertz CT molecular complexity index is 1960. The Morgan fingerprint density at radius 2 is 1.48 bits per heavy atom. The van der Waals surface area contributed by atoms with Crippen LogP contribution in [0.1, 0.15) is 87.1 Å². The van der Waals surface area contributed by atoms with Gasteiger partial charge in [-0.3, -0.25) is 0 Å². The molecule has 0 amide bonds. The van der Waals surface area contributed by atoms with Crippen LogP contribution in [0.15, 0.2) is 103 Å². The van der Waals surface area contributed by atoms with E-state index in [9.17, 15) is 0 Å². The quantitative estimate of drug-likeness (QED) is 0.117. The largest absolute Gasteiger partial charge is 0.494 e. The van der Waals surface area contributed by atoms with E-state index in [0.717, 1.165) is 59.4 Å². The van der Waals surface area contributed by atoms with Gasteiger partial charge in [0.05, 0.1) is 13.2 Å². The molecule has 0 saturated heterocycles. The normalized spacial score (nSPS) is 17.1. The van der Waals surface area contributed by atoms with Gasteiger partial charge < -0.3 is 9.47 Å². The third-order valence-corrected chi connectivity index (χ3v) is 10.3. The molecule has 2 aliphatic rings. The van der Waals surface area contributed by atoms with E-state index in [2.05, 4.69) is 129 Å². The zero-order valence-electron chi connectivity index (χ0n) is 27.1. The molecule has 3 nitrogen and oxygen atoms in total. The van der Waals surface area contributed by atoms with E-state index in [1.54, 1.807) is 0 Å². The van der Waals surface area contributed by atoms with Crippen LogP contribution in [-0.4, -0.2) is 6.61 Å². The molecular formula is C43H41NO2. The number of benzene rings is 5. The first-order chi connectivity index (χ1) is 22.6. The Hall–Kier alpha value is -4.81. The van der Waals surface area contributed by atoms with E-state index >= 15 is 0 Å². The van der Waals surface area contributed by atoms with Gasteiger partial charge in [0.15, 0.2) is 11.3 Å². The Labute approximate surface area is 273 Å². The van der Waals surface area contributed by atoms with Crippen LogP contribution in [0, 0.1) is 6.57 Å². The Balaban J connectivity index is 1.41. The number of nitrogens with zero attached hydrogens (tertiary/aromatic N) is 1. The first-order valence-corrected chi connectivity index (χ1v) is 16.9. The molecule has 0 fully saturated rings. The van der Waals surface area contributed by atoms with Crippen LogP contribution < -0.4 is 9.47 Å². The highest BCUT2D eigenvalue weighted by molar-refractivity contribution is 6.08. The van der Waals surface area contributed by atoms with E-state index in [4.69, 9.17) is 16.0 Å². The van der Waals surface area contributed by atoms with Crippen molar-refractivity contribution in [1.29, 1.82) is 0 Å². The topological polar surface area (TPSA) is 22.8 Å². The zero-order chi connectivity index (χ0) is 31.7. The highest BCUT2D eigenvalue weighted by Crippen LogP contribution is 2.60. The molecule has 0 radical (unpaired) electrons. The van der Waals surface area contributed by atoms with Gasteiger partial charge in [0.2, 0.25) is 0 Å². The van der Waals surface area contributed by atoms with Gasteiger partial charge >= 0.3 is 0 Å². The lowest BCUT2D eigenvalue weighted by atomic mass is 9.71. The average Bonchev–Trinajstić information content (AvgIpc) is 3.42. The van der Waals surface area contributed by atoms with E-state index in [-0.39, 0.29) is 5.41 Å². The molecule has 1 unspecified atom stereocenters. The zero-order valence-corrected chi connectivity index (χ0v) is 27.1. The maximum absolute atomic E-state index is 7.76. The van der Waals surface area contributed by atoms with Crippen molar-refractivity contribution in [3.05, 3.63) is 142 Å². The lowest BCUT2D eigenvalue weighted by Crippen LogP contribution is -2.35. The van der Waals surface area contributed by atoms with Crippen molar-refractivity contribution in [3.63, 3.8) is 0 Å². The van der Waals surface area contributed by atoms with Crippen LogP contribution in [0.3, 0.4) is 0 Å². The fourth-order valence-electron chi connectivity index (χ4n) is 7.88. The van der Waals surface area contributed by atoms with E-state index in [1.807, 2.05) is 6.07 Å². The minimum Gasteiger partial charge on any atom is -0.494 e. The van der Waals surface area contributed by atoms with Gasteiger partial charge in [-0.1, -0.05) is 131 Å². The van der Waals surface area contributed by atoms with Crippen molar-refractivity contribution < 1.29 is 9.47 Å². The first kappa shape index (κ1) is 29.9. The lowest BCUT2D eigenvalue weighted by molar-refractivity contribution is 0.163. The summed E-state index contributed by atoms with van der Waals surface area (Å²) in [5.41, 5.74) is 8.07.